The Balaban J connectivity index is 0.00000131. The maximum absolute atomic E-state index is 13.1. The van der Waals surface area contributed by atoms with Crippen molar-refractivity contribution in [1.29, 1.82) is 0 Å². The van der Waals surface area contributed by atoms with Crippen molar-refractivity contribution in [2.45, 2.75) is 24.5 Å². The van der Waals surface area contributed by atoms with Gasteiger partial charge in [-0.3, -0.25) is 0 Å². The predicted octanol–water partition coefficient (Wildman–Crippen LogP) is -1.28. The van der Waals surface area contributed by atoms with Crippen molar-refractivity contribution in [3.05, 3.63) is 71.8 Å². The average molecular weight is 499 g/mol. The van der Waals surface area contributed by atoms with Gasteiger partial charge in [0.1, 0.15) is 6.54 Å². The van der Waals surface area contributed by atoms with Crippen molar-refractivity contribution in [2.24, 2.45) is 5.92 Å². The summed E-state index contributed by atoms with van der Waals surface area (Å²) < 4.78 is 5.89. The van der Waals surface area contributed by atoms with Crippen LogP contribution in [0.1, 0.15) is 24.0 Å². The van der Waals surface area contributed by atoms with Crippen LogP contribution in [0.3, 0.4) is 0 Å². The lowest BCUT2D eigenvalue weighted by atomic mass is 9.84. The van der Waals surface area contributed by atoms with Gasteiger partial charge >= 0.3 is 5.97 Å². The summed E-state index contributed by atoms with van der Waals surface area (Å²) in [6.45, 7) is 3.19. The molecule has 1 unspecified atom stereocenters. The molecule has 3 saturated heterocycles. The molecule has 0 radical (unpaired) electrons. The van der Waals surface area contributed by atoms with Gasteiger partial charge in [0.25, 0.3) is 0 Å². The quantitative estimate of drug-likeness (QED) is 0.516. The summed E-state index contributed by atoms with van der Waals surface area (Å²) in [6.07, 6.45) is 2.11. The van der Waals surface area contributed by atoms with Crippen molar-refractivity contribution in [3.8, 4) is 0 Å². The number of rotatable bonds is 4. The molecule has 146 valence electrons. The second-order valence-corrected chi connectivity index (χ2v) is 7.18. The predicted molar refractivity (Wildman–Crippen MR) is 104 cm³/mol. The molecule has 2 bridgehead atoms. The molecule has 3 fully saturated rings. The van der Waals surface area contributed by atoms with Gasteiger partial charge in [-0.25, -0.2) is 4.79 Å². The van der Waals surface area contributed by atoms with Crippen LogP contribution < -0.4 is 21.9 Å². The lowest BCUT2D eigenvalue weighted by Crippen LogP contribution is -3.16. The van der Waals surface area contributed by atoms with E-state index in [2.05, 4.69) is 0 Å². The lowest BCUT2D eigenvalue weighted by Gasteiger charge is -2.42. The third kappa shape index (κ3) is 4.29. The van der Waals surface area contributed by atoms with Crippen LogP contribution in [0.5, 0.6) is 0 Å². The normalized spacial score (nSPS) is 23.7. The SMILES string of the molecule is Br.O=C(OC1C[NH+]2CCC1CC2)C(O)(c1ccccc1)c1ccccc1.[Br-]. The van der Waals surface area contributed by atoms with Gasteiger partial charge in [0.05, 0.1) is 13.1 Å². The van der Waals surface area contributed by atoms with E-state index >= 15 is 0 Å². The zero-order valence-electron chi connectivity index (χ0n) is 15.0. The molecule has 0 aliphatic carbocycles. The number of nitrogens with one attached hydrogen (secondary N) is 1. The first kappa shape index (κ1) is 22.1. The molecule has 1 atom stereocenters. The van der Waals surface area contributed by atoms with Crippen LogP contribution in [0.15, 0.2) is 60.7 Å². The number of quaternary nitrogens is 1. The number of esters is 1. The van der Waals surface area contributed by atoms with Crippen LogP contribution in [-0.4, -0.2) is 36.8 Å². The van der Waals surface area contributed by atoms with E-state index in [4.69, 9.17) is 4.74 Å². The van der Waals surface area contributed by atoms with Crippen molar-refractivity contribution < 1.29 is 36.5 Å². The molecule has 2 aromatic rings. The standard InChI is InChI=1S/C21H23NO3.2BrH/c23-20(25-19-15-22-13-11-16(19)12-14-22)21(24,17-7-3-1-4-8-17)18-9-5-2-6-10-18;;/h1-10,16,19,24H,11-15H2;2*1H. The van der Waals surface area contributed by atoms with Gasteiger partial charge in [-0.15, -0.1) is 17.0 Å². The third-order valence-corrected chi connectivity index (χ3v) is 5.69. The van der Waals surface area contributed by atoms with Gasteiger partial charge in [0, 0.05) is 18.8 Å². The Morgan fingerprint density at radius 2 is 1.44 bits per heavy atom. The Labute approximate surface area is 181 Å². The van der Waals surface area contributed by atoms with E-state index in [1.807, 2.05) is 36.4 Å². The Hall–Kier alpha value is -1.21. The minimum atomic E-state index is -1.77. The van der Waals surface area contributed by atoms with E-state index in [1.54, 1.807) is 24.3 Å². The molecule has 3 heterocycles. The molecule has 27 heavy (non-hydrogen) atoms. The molecule has 2 N–H and O–H groups in total. The Bertz CT molecular complexity index is 694. The summed E-state index contributed by atoms with van der Waals surface area (Å²) in [4.78, 5) is 14.6. The molecule has 6 heteroatoms. The Kier molecular flexibility index (Phi) is 7.63. The van der Waals surface area contributed by atoms with Crippen LogP contribution >= 0.6 is 17.0 Å². The molecule has 0 spiro atoms. The molecule has 3 aliphatic heterocycles. The van der Waals surface area contributed by atoms with E-state index in [9.17, 15) is 9.90 Å². The van der Waals surface area contributed by atoms with Gasteiger partial charge in [0.2, 0.25) is 5.60 Å². The van der Waals surface area contributed by atoms with Crippen LogP contribution in [-0.2, 0) is 15.1 Å². The van der Waals surface area contributed by atoms with E-state index in [1.165, 1.54) is 18.0 Å². The number of carbonyl (C=O) groups is 1. The number of fused-ring (bicyclic) bond motifs is 3. The fourth-order valence-corrected chi connectivity index (χ4v) is 4.20. The van der Waals surface area contributed by atoms with Crippen LogP contribution in [0.4, 0.5) is 0 Å². The maximum Gasteiger partial charge on any atom is 0.348 e. The molecule has 4 nitrogen and oxygen atoms in total. The second-order valence-electron chi connectivity index (χ2n) is 7.18. The number of aliphatic hydroxyl groups is 1. The van der Waals surface area contributed by atoms with Crippen molar-refractivity contribution in [1.82, 2.24) is 0 Å². The highest BCUT2D eigenvalue weighted by molar-refractivity contribution is 8.93. The summed E-state index contributed by atoms with van der Waals surface area (Å²) in [5.41, 5.74) is -0.691. The second kappa shape index (κ2) is 9.32. The first-order chi connectivity index (χ1) is 12.2. The highest BCUT2D eigenvalue weighted by atomic mass is 79.9. The van der Waals surface area contributed by atoms with Crippen LogP contribution in [0.25, 0.3) is 0 Å². The minimum absolute atomic E-state index is 0. The van der Waals surface area contributed by atoms with Crippen molar-refractivity contribution in [2.75, 3.05) is 19.6 Å². The maximum atomic E-state index is 13.1. The van der Waals surface area contributed by atoms with Gasteiger partial charge in [0.15, 0.2) is 6.10 Å². The molecular formula is C21H25Br2NO3. The lowest BCUT2D eigenvalue weighted by molar-refractivity contribution is -0.920. The number of benzene rings is 2. The Morgan fingerprint density at radius 1 is 0.963 bits per heavy atom. The summed E-state index contributed by atoms with van der Waals surface area (Å²) in [6, 6.07) is 18.2. The summed E-state index contributed by atoms with van der Waals surface area (Å²) in [5, 5.41) is 11.4. The topological polar surface area (TPSA) is 51.0 Å². The molecule has 0 saturated carbocycles. The summed E-state index contributed by atoms with van der Waals surface area (Å²) >= 11 is 0. The first-order valence-electron chi connectivity index (χ1n) is 9.06. The number of carbonyl (C=O) groups excluding carboxylic acids is 1. The van der Waals surface area contributed by atoms with Gasteiger partial charge in [-0.1, -0.05) is 60.7 Å². The monoisotopic (exact) mass is 497 g/mol. The van der Waals surface area contributed by atoms with Crippen LogP contribution in [0.2, 0.25) is 0 Å². The van der Waals surface area contributed by atoms with Crippen molar-refractivity contribution in [3.63, 3.8) is 0 Å². The van der Waals surface area contributed by atoms with Crippen molar-refractivity contribution >= 4 is 23.0 Å². The number of piperidine rings is 3. The number of hydrogen-bond donors (Lipinski definition) is 2. The molecule has 2 aromatic carbocycles. The number of hydrogen-bond acceptors (Lipinski definition) is 3. The van der Waals surface area contributed by atoms with Gasteiger partial charge in [-0.05, 0) is 11.1 Å². The Morgan fingerprint density at radius 3 is 1.85 bits per heavy atom. The largest absolute Gasteiger partial charge is 1.00 e. The van der Waals surface area contributed by atoms with E-state index in [-0.39, 0.29) is 40.1 Å². The highest BCUT2D eigenvalue weighted by Crippen LogP contribution is 2.33. The average Bonchev–Trinajstić information content (AvgIpc) is 2.69. The van der Waals surface area contributed by atoms with Crippen LogP contribution in [0, 0.1) is 5.92 Å². The zero-order valence-corrected chi connectivity index (χ0v) is 18.3. The number of ether oxygens (including phenoxy) is 1. The molecule has 3 aliphatic rings. The van der Waals surface area contributed by atoms with Gasteiger partial charge in [-0.2, -0.15) is 0 Å². The van der Waals surface area contributed by atoms with E-state index in [0.29, 0.717) is 17.0 Å². The minimum Gasteiger partial charge on any atom is -1.00 e. The smallest absolute Gasteiger partial charge is 0.348 e. The fraction of sp³-hybridized carbons (Fsp3) is 0.381. The molecular weight excluding hydrogens is 474 g/mol. The van der Waals surface area contributed by atoms with E-state index < -0.39 is 11.6 Å². The fourth-order valence-electron chi connectivity index (χ4n) is 4.20. The zero-order chi connectivity index (χ0) is 17.3. The molecule has 0 amide bonds. The summed E-state index contributed by atoms with van der Waals surface area (Å²) in [7, 11) is 0. The summed E-state index contributed by atoms with van der Waals surface area (Å²) in [5.74, 6) is -0.139. The molecule has 5 rings (SSSR count). The van der Waals surface area contributed by atoms with Gasteiger partial charge < -0.3 is 31.7 Å². The highest BCUT2D eigenvalue weighted by Gasteiger charge is 2.46. The first-order valence-corrected chi connectivity index (χ1v) is 9.06. The van der Waals surface area contributed by atoms with E-state index in [0.717, 1.165) is 19.4 Å². The third-order valence-electron chi connectivity index (χ3n) is 5.69. The number of halogens is 2. The molecule has 0 aromatic heterocycles.